The van der Waals surface area contributed by atoms with Gasteiger partial charge in [0.2, 0.25) is 0 Å². The van der Waals surface area contributed by atoms with E-state index in [1.54, 1.807) is 6.07 Å². The van der Waals surface area contributed by atoms with Gasteiger partial charge >= 0.3 is 17.7 Å². The molecule has 0 aromatic heterocycles. The van der Waals surface area contributed by atoms with Crippen molar-refractivity contribution in [2.24, 2.45) is 0 Å². The van der Waals surface area contributed by atoms with E-state index in [2.05, 4.69) is 4.74 Å². The summed E-state index contributed by atoms with van der Waals surface area (Å²) in [6.45, 7) is 0. The van der Waals surface area contributed by atoms with Crippen molar-refractivity contribution in [2.75, 3.05) is 0 Å². The second kappa shape index (κ2) is 2.55. The molecular weight excluding hydrogens is 188 g/mol. The van der Waals surface area contributed by atoms with Crippen LogP contribution in [-0.4, -0.2) is 22.2 Å². The van der Waals surface area contributed by atoms with Gasteiger partial charge in [0, 0.05) is 5.56 Å². The zero-order valence-corrected chi connectivity index (χ0v) is 6.93. The van der Waals surface area contributed by atoms with Crippen molar-refractivity contribution < 1.29 is 24.5 Å². The van der Waals surface area contributed by atoms with Gasteiger partial charge in [-0.25, -0.2) is 9.59 Å². The van der Waals surface area contributed by atoms with Crippen molar-refractivity contribution in [1.82, 2.24) is 0 Å². The summed E-state index contributed by atoms with van der Waals surface area (Å²) in [7, 11) is 0. The van der Waals surface area contributed by atoms with Crippen LogP contribution in [0.3, 0.4) is 0 Å². The lowest BCUT2D eigenvalue weighted by Crippen LogP contribution is -2.35. The Labute approximate surface area is 78.5 Å². The van der Waals surface area contributed by atoms with Crippen LogP contribution in [0.1, 0.15) is 15.9 Å². The number of aliphatic carboxylic acids is 1. The molecular formula is C9H6O5. The van der Waals surface area contributed by atoms with Crippen molar-refractivity contribution in [2.45, 2.75) is 5.79 Å². The highest BCUT2D eigenvalue weighted by Crippen LogP contribution is 2.34. The van der Waals surface area contributed by atoms with Gasteiger partial charge in [-0.05, 0) is 6.07 Å². The Kier molecular flexibility index (Phi) is 1.59. The Hall–Kier alpha value is -1.88. The molecule has 0 spiro atoms. The minimum Gasteiger partial charge on any atom is -0.476 e. The van der Waals surface area contributed by atoms with Crippen molar-refractivity contribution in [1.29, 1.82) is 0 Å². The molecule has 1 aliphatic rings. The van der Waals surface area contributed by atoms with Crippen LogP contribution in [0.25, 0.3) is 0 Å². The number of aliphatic hydroxyl groups is 1. The van der Waals surface area contributed by atoms with E-state index < -0.39 is 17.7 Å². The molecule has 0 amide bonds. The number of fused-ring (bicyclic) bond motifs is 1. The molecule has 1 aromatic carbocycles. The largest absolute Gasteiger partial charge is 0.476 e. The fourth-order valence-electron chi connectivity index (χ4n) is 1.36. The van der Waals surface area contributed by atoms with Gasteiger partial charge in [-0.1, -0.05) is 18.2 Å². The van der Waals surface area contributed by atoms with E-state index in [0.29, 0.717) is 0 Å². The average molecular weight is 194 g/mol. The zero-order valence-electron chi connectivity index (χ0n) is 6.93. The van der Waals surface area contributed by atoms with Crippen LogP contribution < -0.4 is 0 Å². The van der Waals surface area contributed by atoms with E-state index in [0.717, 1.165) is 0 Å². The van der Waals surface area contributed by atoms with Gasteiger partial charge < -0.3 is 14.9 Å². The summed E-state index contributed by atoms with van der Waals surface area (Å²) in [6.07, 6.45) is 0. The highest BCUT2D eigenvalue weighted by Gasteiger charge is 2.50. The third-order valence-corrected chi connectivity index (χ3v) is 2.04. The summed E-state index contributed by atoms with van der Waals surface area (Å²) < 4.78 is 4.40. The number of cyclic esters (lactones) is 1. The molecule has 1 heterocycles. The van der Waals surface area contributed by atoms with Gasteiger partial charge in [-0.2, -0.15) is 0 Å². The monoisotopic (exact) mass is 194 g/mol. The minimum absolute atomic E-state index is 0.0301. The maximum atomic E-state index is 11.1. The Morgan fingerprint density at radius 1 is 1.36 bits per heavy atom. The Balaban J connectivity index is 2.65. The molecule has 0 radical (unpaired) electrons. The number of hydrogen-bond acceptors (Lipinski definition) is 4. The normalized spacial score (nSPS) is 24.2. The number of rotatable bonds is 1. The van der Waals surface area contributed by atoms with Gasteiger partial charge in [0.05, 0.1) is 5.56 Å². The second-order valence-electron chi connectivity index (χ2n) is 2.88. The van der Waals surface area contributed by atoms with E-state index in [9.17, 15) is 14.7 Å². The number of carbonyl (C=O) groups excluding carboxylic acids is 1. The highest BCUT2D eigenvalue weighted by molar-refractivity contribution is 5.99. The molecule has 0 aliphatic carbocycles. The molecule has 1 atom stereocenters. The lowest BCUT2D eigenvalue weighted by molar-refractivity contribution is -0.203. The standard InChI is InChI=1S/C9H6O5/c10-7-5-3-1-2-4-6(5)9(13,14-7)8(11)12/h1-4,13H,(H,11,12). The van der Waals surface area contributed by atoms with E-state index in [1.807, 2.05) is 0 Å². The summed E-state index contributed by atoms with van der Waals surface area (Å²) in [5, 5.41) is 18.3. The van der Waals surface area contributed by atoms with Gasteiger partial charge in [0.25, 0.3) is 0 Å². The van der Waals surface area contributed by atoms with Gasteiger partial charge in [-0.15, -0.1) is 0 Å². The third kappa shape index (κ3) is 0.928. The number of ether oxygens (including phenoxy) is 1. The van der Waals surface area contributed by atoms with Crippen LogP contribution in [0.5, 0.6) is 0 Å². The fourth-order valence-corrected chi connectivity index (χ4v) is 1.36. The number of hydrogen-bond donors (Lipinski definition) is 2. The van der Waals surface area contributed by atoms with E-state index >= 15 is 0 Å². The van der Waals surface area contributed by atoms with Crippen molar-refractivity contribution in [3.8, 4) is 0 Å². The molecule has 14 heavy (non-hydrogen) atoms. The summed E-state index contributed by atoms with van der Waals surface area (Å²) in [6, 6.07) is 5.83. The van der Waals surface area contributed by atoms with Crippen LogP contribution in [0.2, 0.25) is 0 Å². The molecule has 0 bridgehead atoms. The number of carboxylic acids is 1. The maximum Gasteiger partial charge on any atom is 0.382 e. The van der Waals surface area contributed by atoms with Crippen molar-refractivity contribution in [3.63, 3.8) is 0 Å². The SMILES string of the molecule is O=C1OC(O)(C(=O)O)c2ccccc21. The minimum atomic E-state index is -2.53. The highest BCUT2D eigenvalue weighted by atomic mass is 16.7. The quantitative estimate of drug-likeness (QED) is 0.619. The van der Waals surface area contributed by atoms with Crippen LogP contribution in [0.4, 0.5) is 0 Å². The van der Waals surface area contributed by atoms with Gasteiger partial charge in [-0.3, -0.25) is 0 Å². The van der Waals surface area contributed by atoms with E-state index in [4.69, 9.17) is 5.11 Å². The van der Waals surface area contributed by atoms with E-state index in [-0.39, 0.29) is 11.1 Å². The first-order chi connectivity index (χ1) is 6.55. The predicted molar refractivity (Wildman–Crippen MR) is 43.4 cm³/mol. The van der Waals surface area contributed by atoms with Crippen LogP contribution in [0.15, 0.2) is 24.3 Å². The number of carbonyl (C=O) groups is 2. The second-order valence-corrected chi connectivity index (χ2v) is 2.88. The van der Waals surface area contributed by atoms with Crippen molar-refractivity contribution >= 4 is 11.9 Å². The molecule has 2 rings (SSSR count). The first-order valence-corrected chi connectivity index (χ1v) is 3.84. The van der Waals surface area contributed by atoms with Gasteiger partial charge in [0.15, 0.2) is 0 Å². The summed E-state index contributed by atoms with van der Waals surface area (Å²) in [5.74, 6) is -4.96. The number of benzene rings is 1. The molecule has 1 unspecified atom stereocenters. The molecule has 0 fully saturated rings. The average Bonchev–Trinajstić information content (AvgIpc) is 2.42. The molecule has 0 saturated heterocycles. The van der Waals surface area contributed by atoms with Gasteiger partial charge in [0.1, 0.15) is 0 Å². The lowest BCUT2D eigenvalue weighted by Gasteiger charge is -2.15. The van der Waals surface area contributed by atoms with Crippen LogP contribution in [-0.2, 0) is 15.3 Å². The zero-order chi connectivity index (χ0) is 10.3. The number of carboxylic acid groups (broad SMARTS) is 1. The summed E-state index contributed by atoms with van der Waals surface area (Å²) in [4.78, 5) is 21.8. The Morgan fingerprint density at radius 2 is 2.00 bits per heavy atom. The molecule has 1 aliphatic heterocycles. The number of esters is 1. The predicted octanol–water partition coefficient (Wildman–Crippen LogP) is 0.0867. The fraction of sp³-hybridized carbons (Fsp3) is 0.111. The third-order valence-electron chi connectivity index (χ3n) is 2.04. The lowest BCUT2D eigenvalue weighted by atomic mass is 10.0. The summed E-state index contributed by atoms with van der Waals surface area (Å²) in [5.41, 5.74) is 0.0508. The molecule has 0 saturated carbocycles. The van der Waals surface area contributed by atoms with Crippen LogP contribution in [0, 0.1) is 0 Å². The Bertz CT molecular complexity index is 425. The summed E-state index contributed by atoms with van der Waals surface area (Å²) >= 11 is 0. The molecule has 5 heteroatoms. The topological polar surface area (TPSA) is 83.8 Å². The first kappa shape index (κ1) is 8.71. The first-order valence-electron chi connectivity index (χ1n) is 3.84. The smallest absolute Gasteiger partial charge is 0.382 e. The molecule has 1 aromatic rings. The molecule has 5 nitrogen and oxygen atoms in total. The molecule has 72 valence electrons. The maximum absolute atomic E-state index is 11.1. The van der Waals surface area contributed by atoms with Crippen LogP contribution >= 0.6 is 0 Å². The Morgan fingerprint density at radius 3 is 2.64 bits per heavy atom. The molecule has 2 N–H and O–H groups in total. The van der Waals surface area contributed by atoms with E-state index in [1.165, 1.54) is 18.2 Å². The van der Waals surface area contributed by atoms with Crippen molar-refractivity contribution in [3.05, 3.63) is 35.4 Å².